The summed E-state index contributed by atoms with van der Waals surface area (Å²) in [4.78, 5) is 24.2. The van der Waals surface area contributed by atoms with Gasteiger partial charge in [0.2, 0.25) is 0 Å². The third-order valence-corrected chi connectivity index (χ3v) is 4.19. The molecule has 6 nitrogen and oxygen atoms in total. The third-order valence-electron chi connectivity index (χ3n) is 3.90. The highest BCUT2D eigenvalue weighted by atomic mass is 35.5. The lowest BCUT2D eigenvalue weighted by molar-refractivity contribution is -0.119. The number of anilines is 1. The zero-order valence-corrected chi connectivity index (χ0v) is 16.4. The summed E-state index contributed by atoms with van der Waals surface area (Å²) < 4.78 is 15.4. The van der Waals surface area contributed by atoms with Gasteiger partial charge in [-0.15, -0.1) is 0 Å². The topological polar surface area (TPSA) is 73.9 Å². The number of carbonyl (C=O) groups excluding carboxylic acids is 2. The van der Waals surface area contributed by atoms with Gasteiger partial charge in [-0.2, -0.15) is 0 Å². The molecule has 0 aliphatic carbocycles. The quantitative estimate of drug-likeness (QED) is 0.713. The predicted molar refractivity (Wildman–Crippen MR) is 104 cm³/mol. The third kappa shape index (κ3) is 5.37. The van der Waals surface area contributed by atoms with Crippen molar-refractivity contribution in [2.75, 3.05) is 26.1 Å². The number of methoxy groups -OCH3 is 2. The molecule has 1 amide bonds. The van der Waals surface area contributed by atoms with Crippen LogP contribution in [0.5, 0.6) is 11.5 Å². The second kappa shape index (κ2) is 9.28. The highest BCUT2D eigenvalue weighted by Gasteiger charge is 2.15. The molecule has 0 aliphatic heterocycles. The lowest BCUT2D eigenvalue weighted by Gasteiger charge is -2.13. The van der Waals surface area contributed by atoms with Gasteiger partial charge in [0.15, 0.2) is 6.61 Å². The van der Waals surface area contributed by atoms with E-state index in [4.69, 9.17) is 25.8 Å². The van der Waals surface area contributed by atoms with Crippen molar-refractivity contribution in [3.05, 3.63) is 52.5 Å². The van der Waals surface area contributed by atoms with E-state index in [1.54, 1.807) is 12.1 Å². The Morgan fingerprint density at radius 2 is 1.67 bits per heavy atom. The van der Waals surface area contributed by atoms with Crippen LogP contribution < -0.4 is 14.8 Å². The Balaban J connectivity index is 1.99. The second-order valence-electron chi connectivity index (χ2n) is 6.09. The fourth-order valence-corrected chi connectivity index (χ4v) is 2.59. The minimum Gasteiger partial charge on any atom is -0.495 e. The highest BCUT2D eigenvalue weighted by Crippen LogP contribution is 2.35. The van der Waals surface area contributed by atoms with E-state index in [9.17, 15) is 9.59 Å². The monoisotopic (exact) mass is 391 g/mol. The van der Waals surface area contributed by atoms with Gasteiger partial charge in [0.1, 0.15) is 11.5 Å². The molecule has 0 spiro atoms. The van der Waals surface area contributed by atoms with Crippen LogP contribution >= 0.6 is 11.6 Å². The molecule has 0 aromatic heterocycles. The zero-order chi connectivity index (χ0) is 20.0. The number of ether oxygens (including phenoxy) is 3. The Bertz CT molecular complexity index is 818. The molecule has 0 saturated carbocycles. The van der Waals surface area contributed by atoms with Crippen LogP contribution in [0.3, 0.4) is 0 Å². The first-order chi connectivity index (χ1) is 12.8. The molecule has 0 bridgehead atoms. The molecule has 7 heteroatoms. The molecular weight excluding hydrogens is 370 g/mol. The largest absolute Gasteiger partial charge is 0.495 e. The smallest absolute Gasteiger partial charge is 0.338 e. The van der Waals surface area contributed by atoms with Gasteiger partial charge >= 0.3 is 5.97 Å². The molecular formula is C20H22ClNO5. The van der Waals surface area contributed by atoms with Crippen molar-refractivity contribution in [2.45, 2.75) is 19.8 Å². The summed E-state index contributed by atoms with van der Waals surface area (Å²) in [6, 6.07) is 10.2. The summed E-state index contributed by atoms with van der Waals surface area (Å²) in [5, 5.41) is 2.97. The maximum atomic E-state index is 12.1. The van der Waals surface area contributed by atoms with Gasteiger partial charge in [-0.25, -0.2) is 4.79 Å². The minimum atomic E-state index is -0.568. The van der Waals surface area contributed by atoms with Crippen LogP contribution in [0.15, 0.2) is 36.4 Å². The van der Waals surface area contributed by atoms with Gasteiger partial charge in [0.05, 0.1) is 30.5 Å². The highest BCUT2D eigenvalue weighted by molar-refractivity contribution is 6.32. The Hall–Kier alpha value is -2.73. The van der Waals surface area contributed by atoms with Crippen molar-refractivity contribution in [3.8, 4) is 11.5 Å². The van der Waals surface area contributed by atoms with E-state index in [-0.39, 0.29) is 0 Å². The fraction of sp³-hybridized carbons (Fsp3) is 0.300. The number of hydrogen-bond acceptors (Lipinski definition) is 5. The molecule has 1 N–H and O–H groups in total. The van der Waals surface area contributed by atoms with Crippen molar-refractivity contribution < 1.29 is 23.8 Å². The zero-order valence-electron chi connectivity index (χ0n) is 15.7. The molecule has 0 saturated heterocycles. The summed E-state index contributed by atoms with van der Waals surface area (Å²) >= 11 is 6.03. The normalized spacial score (nSPS) is 10.4. The molecule has 27 heavy (non-hydrogen) atoms. The number of halogens is 1. The first-order valence-corrected chi connectivity index (χ1v) is 8.72. The van der Waals surface area contributed by atoms with E-state index in [2.05, 4.69) is 19.2 Å². The first-order valence-electron chi connectivity index (χ1n) is 8.34. The van der Waals surface area contributed by atoms with E-state index < -0.39 is 18.5 Å². The number of esters is 1. The number of rotatable bonds is 7. The Kier molecular flexibility index (Phi) is 7.07. The molecule has 2 aromatic rings. The number of carbonyl (C=O) groups is 2. The fourth-order valence-electron chi connectivity index (χ4n) is 2.36. The average molecular weight is 392 g/mol. The van der Waals surface area contributed by atoms with Crippen molar-refractivity contribution in [3.63, 3.8) is 0 Å². The van der Waals surface area contributed by atoms with Gasteiger partial charge < -0.3 is 19.5 Å². The summed E-state index contributed by atoms with van der Waals surface area (Å²) in [6.45, 7) is 3.70. The van der Waals surface area contributed by atoms with Gasteiger partial charge in [0.25, 0.3) is 5.91 Å². The molecule has 2 aromatic carbocycles. The summed E-state index contributed by atoms with van der Waals surface area (Å²) in [5.41, 5.74) is 1.87. The summed E-state index contributed by atoms with van der Waals surface area (Å²) in [6.07, 6.45) is 0. The van der Waals surface area contributed by atoms with Crippen LogP contribution in [0.25, 0.3) is 0 Å². The van der Waals surface area contributed by atoms with Gasteiger partial charge in [-0.05, 0) is 23.6 Å². The molecule has 0 unspecified atom stereocenters. The molecule has 0 heterocycles. The number of amides is 1. The summed E-state index contributed by atoms with van der Waals surface area (Å²) in [7, 11) is 2.92. The van der Waals surface area contributed by atoms with E-state index in [0.29, 0.717) is 33.7 Å². The van der Waals surface area contributed by atoms with E-state index in [0.717, 1.165) is 5.56 Å². The van der Waals surface area contributed by atoms with Gasteiger partial charge in [-0.1, -0.05) is 37.6 Å². The number of nitrogens with one attached hydrogen (secondary N) is 1. The molecule has 0 atom stereocenters. The number of benzene rings is 2. The van der Waals surface area contributed by atoms with Crippen LogP contribution in [0.2, 0.25) is 5.02 Å². The van der Waals surface area contributed by atoms with Crippen LogP contribution in [-0.2, 0) is 9.53 Å². The molecule has 2 rings (SSSR count). The van der Waals surface area contributed by atoms with Crippen molar-refractivity contribution in [1.82, 2.24) is 0 Å². The minimum absolute atomic E-state index is 0.351. The Labute approximate surface area is 163 Å². The maximum Gasteiger partial charge on any atom is 0.338 e. The molecule has 0 aliphatic rings. The standard InChI is InChI=1S/C20H22ClNO5/c1-12(2)13-5-7-14(8-6-13)20(24)27-11-19(23)22-16-10-17(25-3)15(21)9-18(16)26-4/h5-10,12H,11H2,1-4H3,(H,22,23). The van der Waals surface area contributed by atoms with E-state index >= 15 is 0 Å². The molecule has 144 valence electrons. The van der Waals surface area contributed by atoms with Gasteiger partial charge in [0, 0.05) is 12.1 Å². The van der Waals surface area contributed by atoms with Crippen molar-refractivity contribution in [1.29, 1.82) is 0 Å². The maximum absolute atomic E-state index is 12.1. The predicted octanol–water partition coefficient (Wildman–Crippen LogP) is 4.28. The first kappa shape index (κ1) is 20.6. The van der Waals surface area contributed by atoms with Crippen LogP contribution in [-0.4, -0.2) is 32.7 Å². The second-order valence-corrected chi connectivity index (χ2v) is 6.50. The van der Waals surface area contributed by atoms with Crippen LogP contribution in [0, 0.1) is 0 Å². The average Bonchev–Trinajstić information content (AvgIpc) is 2.67. The van der Waals surface area contributed by atoms with Crippen LogP contribution in [0.4, 0.5) is 5.69 Å². The Morgan fingerprint density at radius 1 is 1.04 bits per heavy atom. The lowest BCUT2D eigenvalue weighted by atomic mass is 10.0. The Morgan fingerprint density at radius 3 is 2.22 bits per heavy atom. The molecule has 0 fully saturated rings. The van der Waals surface area contributed by atoms with Crippen LogP contribution in [0.1, 0.15) is 35.7 Å². The van der Waals surface area contributed by atoms with Crippen molar-refractivity contribution >= 4 is 29.2 Å². The SMILES string of the molecule is COc1cc(NC(=O)COC(=O)c2ccc(C(C)C)cc2)c(OC)cc1Cl. The van der Waals surface area contributed by atoms with Gasteiger partial charge in [-0.3, -0.25) is 4.79 Å². The van der Waals surface area contributed by atoms with Crippen molar-refractivity contribution in [2.24, 2.45) is 0 Å². The lowest BCUT2D eigenvalue weighted by Crippen LogP contribution is -2.21. The number of hydrogen-bond donors (Lipinski definition) is 1. The van der Waals surface area contributed by atoms with E-state index in [1.165, 1.54) is 26.4 Å². The summed E-state index contributed by atoms with van der Waals surface area (Å²) in [5.74, 6) is 0.0397. The van der Waals surface area contributed by atoms with E-state index in [1.807, 2.05) is 12.1 Å². The molecule has 0 radical (unpaired) electrons.